The fraction of sp³-hybridized carbons (Fsp3) is 0.176. The highest BCUT2D eigenvalue weighted by Gasteiger charge is 2.10. The summed E-state index contributed by atoms with van der Waals surface area (Å²) in [5, 5.41) is 7.01. The van der Waals surface area contributed by atoms with Crippen LogP contribution in [-0.4, -0.2) is 18.4 Å². The van der Waals surface area contributed by atoms with Gasteiger partial charge in [-0.3, -0.25) is 9.59 Å². The Balaban J connectivity index is 1.74. The molecule has 0 radical (unpaired) electrons. The molecule has 7 heteroatoms. The van der Waals surface area contributed by atoms with Gasteiger partial charge in [0.05, 0.1) is 0 Å². The Morgan fingerprint density at radius 1 is 0.875 bits per heavy atom. The third-order valence-corrected chi connectivity index (χ3v) is 4.02. The number of anilines is 1. The van der Waals surface area contributed by atoms with Gasteiger partial charge in [-0.25, -0.2) is 0 Å². The van der Waals surface area contributed by atoms with Crippen LogP contribution in [0.4, 0.5) is 5.69 Å². The minimum atomic E-state index is -0.389. The Labute approximate surface area is 155 Å². The number of benzene rings is 2. The normalized spacial score (nSPS) is 10.3. The van der Waals surface area contributed by atoms with Crippen molar-refractivity contribution in [2.24, 2.45) is 0 Å². The topological polar surface area (TPSA) is 58.2 Å². The zero-order valence-electron chi connectivity index (χ0n) is 12.6. The monoisotopic (exact) mass is 384 g/mol. The van der Waals surface area contributed by atoms with Gasteiger partial charge in [0.15, 0.2) is 0 Å². The molecule has 0 aliphatic heterocycles. The van der Waals surface area contributed by atoms with Gasteiger partial charge in [-0.05, 0) is 48.4 Å². The molecular weight excluding hydrogens is 371 g/mol. The van der Waals surface area contributed by atoms with E-state index in [1.807, 2.05) is 6.07 Å². The highest BCUT2D eigenvalue weighted by atomic mass is 35.5. The van der Waals surface area contributed by atoms with E-state index in [0.717, 1.165) is 5.56 Å². The summed E-state index contributed by atoms with van der Waals surface area (Å²) in [4.78, 5) is 23.6. The molecule has 24 heavy (non-hydrogen) atoms. The van der Waals surface area contributed by atoms with Crippen molar-refractivity contribution in [1.82, 2.24) is 5.32 Å². The third kappa shape index (κ3) is 6.04. The lowest BCUT2D eigenvalue weighted by molar-refractivity contribution is -0.126. The van der Waals surface area contributed by atoms with Crippen LogP contribution in [0.3, 0.4) is 0 Å². The average Bonchev–Trinajstić information content (AvgIpc) is 2.51. The summed E-state index contributed by atoms with van der Waals surface area (Å²) in [6.07, 6.45) is 0.303. The summed E-state index contributed by atoms with van der Waals surface area (Å²) in [5.74, 6) is -0.745. The van der Waals surface area contributed by atoms with Crippen molar-refractivity contribution >= 4 is 52.3 Å². The molecule has 0 fully saturated rings. The number of amides is 2. The average molecular weight is 386 g/mol. The largest absolute Gasteiger partial charge is 0.355 e. The van der Waals surface area contributed by atoms with E-state index < -0.39 is 0 Å². The minimum absolute atomic E-state index is 0.253. The van der Waals surface area contributed by atoms with Crippen molar-refractivity contribution in [3.63, 3.8) is 0 Å². The molecule has 126 valence electrons. The molecule has 2 rings (SSSR count). The molecule has 0 unspecified atom stereocenters. The molecule has 0 atom stereocenters. The molecule has 2 amide bonds. The number of hydrogen-bond acceptors (Lipinski definition) is 2. The van der Waals surface area contributed by atoms with E-state index in [9.17, 15) is 9.59 Å². The standard InChI is InChI=1S/C17H15Cl3N2O2/c18-12-3-5-14(6-4-12)22-17(24)10-16(23)21-8-7-11-1-2-13(19)9-15(11)20/h1-6,9H,7-8,10H2,(H,21,23)(H,22,24). The first-order valence-corrected chi connectivity index (χ1v) is 8.33. The van der Waals surface area contributed by atoms with Gasteiger partial charge in [0.1, 0.15) is 6.42 Å². The molecule has 0 saturated carbocycles. The maximum absolute atomic E-state index is 11.8. The van der Waals surface area contributed by atoms with Gasteiger partial charge in [-0.1, -0.05) is 40.9 Å². The third-order valence-electron chi connectivity index (χ3n) is 3.18. The Bertz CT molecular complexity index is 733. The minimum Gasteiger partial charge on any atom is -0.355 e. The number of halogens is 3. The second kappa shape index (κ2) is 8.92. The quantitative estimate of drug-likeness (QED) is 0.727. The number of carbonyl (C=O) groups is 2. The van der Waals surface area contributed by atoms with Gasteiger partial charge in [-0.2, -0.15) is 0 Å². The van der Waals surface area contributed by atoms with E-state index in [4.69, 9.17) is 34.8 Å². The zero-order chi connectivity index (χ0) is 17.5. The highest BCUT2D eigenvalue weighted by molar-refractivity contribution is 6.35. The summed E-state index contributed by atoms with van der Waals surface area (Å²) in [6, 6.07) is 11.9. The second-order valence-corrected chi connectivity index (χ2v) is 6.35. The summed E-state index contributed by atoms with van der Waals surface area (Å²) >= 11 is 17.7. The van der Waals surface area contributed by atoms with E-state index in [0.29, 0.717) is 33.7 Å². The van der Waals surface area contributed by atoms with Crippen LogP contribution in [0.25, 0.3) is 0 Å². The zero-order valence-corrected chi connectivity index (χ0v) is 14.9. The number of hydrogen-bond donors (Lipinski definition) is 2. The van der Waals surface area contributed by atoms with Gasteiger partial charge >= 0.3 is 0 Å². The molecule has 2 aromatic rings. The van der Waals surface area contributed by atoms with Gasteiger partial charge < -0.3 is 10.6 Å². The van der Waals surface area contributed by atoms with Crippen molar-refractivity contribution in [2.45, 2.75) is 12.8 Å². The van der Waals surface area contributed by atoms with Crippen molar-refractivity contribution in [1.29, 1.82) is 0 Å². The van der Waals surface area contributed by atoms with E-state index in [-0.39, 0.29) is 18.2 Å². The predicted octanol–water partition coefficient (Wildman–Crippen LogP) is 4.33. The molecule has 0 aromatic heterocycles. The maximum atomic E-state index is 11.8. The lowest BCUT2D eigenvalue weighted by Gasteiger charge is -2.08. The summed E-state index contributed by atoms with van der Waals surface area (Å²) < 4.78 is 0. The molecule has 0 spiro atoms. The maximum Gasteiger partial charge on any atom is 0.233 e. The van der Waals surface area contributed by atoms with Crippen LogP contribution >= 0.6 is 34.8 Å². The van der Waals surface area contributed by atoms with Gasteiger partial charge in [0.25, 0.3) is 0 Å². The van der Waals surface area contributed by atoms with Crippen molar-refractivity contribution < 1.29 is 9.59 Å². The van der Waals surface area contributed by atoms with Gasteiger partial charge in [0.2, 0.25) is 11.8 Å². The lowest BCUT2D eigenvalue weighted by atomic mass is 10.1. The van der Waals surface area contributed by atoms with Crippen LogP contribution < -0.4 is 10.6 Å². The molecule has 4 nitrogen and oxygen atoms in total. The first-order chi connectivity index (χ1) is 11.4. The fourth-order valence-corrected chi connectivity index (χ4v) is 2.64. The number of carbonyl (C=O) groups excluding carboxylic acids is 2. The molecule has 0 aliphatic rings. The Morgan fingerprint density at radius 2 is 1.54 bits per heavy atom. The van der Waals surface area contributed by atoms with Crippen molar-refractivity contribution in [3.8, 4) is 0 Å². The van der Waals surface area contributed by atoms with E-state index >= 15 is 0 Å². The van der Waals surface area contributed by atoms with Crippen LogP contribution in [-0.2, 0) is 16.0 Å². The van der Waals surface area contributed by atoms with Gasteiger partial charge in [0, 0.05) is 27.3 Å². The summed E-state index contributed by atoms with van der Waals surface area (Å²) in [5.41, 5.74) is 1.47. The highest BCUT2D eigenvalue weighted by Crippen LogP contribution is 2.21. The summed E-state index contributed by atoms with van der Waals surface area (Å²) in [6.45, 7) is 0.383. The molecule has 2 aromatic carbocycles. The second-order valence-electron chi connectivity index (χ2n) is 5.07. The van der Waals surface area contributed by atoms with Crippen LogP contribution in [0.5, 0.6) is 0 Å². The Morgan fingerprint density at radius 3 is 2.21 bits per heavy atom. The van der Waals surface area contributed by atoms with Gasteiger partial charge in [-0.15, -0.1) is 0 Å². The van der Waals surface area contributed by atoms with E-state index in [2.05, 4.69) is 10.6 Å². The molecule has 0 bridgehead atoms. The Hall–Kier alpha value is -1.75. The SMILES string of the molecule is O=C(CC(=O)Nc1ccc(Cl)cc1)NCCc1ccc(Cl)cc1Cl. The first kappa shape index (κ1) is 18.6. The molecule has 2 N–H and O–H groups in total. The van der Waals surface area contributed by atoms with Crippen LogP contribution in [0.1, 0.15) is 12.0 Å². The first-order valence-electron chi connectivity index (χ1n) is 7.20. The molecule has 0 aliphatic carbocycles. The smallest absolute Gasteiger partial charge is 0.233 e. The number of rotatable bonds is 6. The molecule has 0 saturated heterocycles. The van der Waals surface area contributed by atoms with E-state index in [1.165, 1.54) is 0 Å². The fourth-order valence-electron chi connectivity index (χ4n) is 2.01. The predicted molar refractivity (Wildman–Crippen MR) is 97.9 cm³/mol. The van der Waals surface area contributed by atoms with E-state index in [1.54, 1.807) is 36.4 Å². The number of nitrogens with one attached hydrogen (secondary N) is 2. The van der Waals surface area contributed by atoms with Crippen molar-refractivity contribution in [3.05, 3.63) is 63.1 Å². The van der Waals surface area contributed by atoms with Crippen LogP contribution in [0, 0.1) is 0 Å². The molecular formula is C17H15Cl3N2O2. The molecule has 0 heterocycles. The Kier molecular flexibility index (Phi) is 6.91. The van der Waals surface area contributed by atoms with Crippen LogP contribution in [0.2, 0.25) is 15.1 Å². The van der Waals surface area contributed by atoms with Crippen molar-refractivity contribution in [2.75, 3.05) is 11.9 Å². The van der Waals surface area contributed by atoms with Crippen LogP contribution in [0.15, 0.2) is 42.5 Å². The lowest BCUT2D eigenvalue weighted by Crippen LogP contribution is -2.29. The summed E-state index contributed by atoms with van der Waals surface area (Å²) in [7, 11) is 0.